The third-order valence-electron chi connectivity index (χ3n) is 6.19. The molecule has 9 nitrogen and oxygen atoms in total. The van der Waals surface area contributed by atoms with Crippen LogP contribution in [0.4, 0.5) is 14.6 Å². The summed E-state index contributed by atoms with van der Waals surface area (Å²) in [4.78, 5) is 21.8. The van der Waals surface area contributed by atoms with E-state index in [4.69, 9.17) is 4.52 Å². The lowest BCUT2D eigenvalue weighted by molar-refractivity contribution is -0.142. The number of rotatable bonds is 9. The fraction of sp³-hybridized carbons (Fsp3) is 0.292. The highest BCUT2D eigenvalue weighted by molar-refractivity contribution is 5.78. The molecule has 3 aromatic heterocycles. The predicted molar refractivity (Wildman–Crippen MR) is 121 cm³/mol. The van der Waals surface area contributed by atoms with Crippen molar-refractivity contribution in [3.8, 4) is 22.9 Å². The lowest BCUT2D eigenvalue weighted by Gasteiger charge is -2.25. The molecule has 0 aliphatic heterocycles. The number of carboxylic acids is 1. The van der Waals surface area contributed by atoms with E-state index >= 15 is 0 Å². The Balaban J connectivity index is 1.52. The van der Waals surface area contributed by atoms with E-state index in [1.807, 2.05) is 6.92 Å². The summed E-state index contributed by atoms with van der Waals surface area (Å²) in [5.74, 6) is -1.76. The molecule has 4 aromatic rings. The molecule has 1 aromatic carbocycles. The van der Waals surface area contributed by atoms with Gasteiger partial charge in [0, 0.05) is 24.7 Å². The molecule has 180 valence electrons. The van der Waals surface area contributed by atoms with Gasteiger partial charge >= 0.3 is 5.97 Å². The van der Waals surface area contributed by atoms with Crippen LogP contribution in [0.5, 0.6) is 0 Å². The van der Waals surface area contributed by atoms with Gasteiger partial charge < -0.3 is 14.5 Å². The van der Waals surface area contributed by atoms with E-state index in [0.29, 0.717) is 42.0 Å². The second-order valence-corrected chi connectivity index (χ2v) is 8.51. The maximum Gasteiger partial charge on any atom is 0.311 e. The van der Waals surface area contributed by atoms with Crippen LogP contribution in [0, 0.1) is 17.0 Å². The minimum Gasteiger partial charge on any atom is -0.481 e. The summed E-state index contributed by atoms with van der Waals surface area (Å²) in [6, 6.07) is 9.69. The number of carboxylic acid groups (broad SMARTS) is 1. The van der Waals surface area contributed by atoms with Gasteiger partial charge in [0.15, 0.2) is 17.5 Å². The number of nitrogens with zero attached hydrogens (tertiary/aromatic N) is 6. The Labute approximate surface area is 199 Å². The quantitative estimate of drug-likeness (QED) is 0.383. The SMILES string of the molecule is CCN(CC1(C(=O)O)CC1)c1nc(-c2cc(-c3ccon3)n(Cc3ccccc3F)n2)ncc1F. The molecule has 0 radical (unpaired) electrons. The molecule has 0 bridgehead atoms. The minimum absolute atomic E-state index is 0.0108. The monoisotopic (exact) mass is 480 g/mol. The van der Waals surface area contributed by atoms with Crippen LogP contribution in [0.1, 0.15) is 25.3 Å². The maximum atomic E-state index is 14.8. The molecule has 1 saturated carbocycles. The number of anilines is 1. The van der Waals surface area contributed by atoms with Crippen molar-refractivity contribution >= 4 is 11.8 Å². The number of aromatic nitrogens is 5. The van der Waals surface area contributed by atoms with Gasteiger partial charge in [-0.1, -0.05) is 23.4 Å². The molecule has 0 unspecified atom stereocenters. The van der Waals surface area contributed by atoms with Gasteiger partial charge in [-0.15, -0.1) is 0 Å². The van der Waals surface area contributed by atoms with E-state index in [9.17, 15) is 18.7 Å². The van der Waals surface area contributed by atoms with Gasteiger partial charge in [-0.3, -0.25) is 9.48 Å². The molecule has 3 heterocycles. The molecule has 0 amide bonds. The molecule has 0 spiro atoms. The van der Waals surface area contributed by atoms with Gasteiger partial charge in [-0.05, 0) is 31.9 Å². The van der Waals surface area contributed by atoms with Crippen LogP contribution >= 0.6 is 0 Å². The molecule has 1 fully saturated rings. The normalized spacial score (nSPS) is 14.1. The summed E-state index contributed by atoms with van der Waals surface area (Å²) < 4.78 is 35.6. The number of halogens is 2. The summed E-state index contributed by atoms with van der Waals surface area (Å²) in [5, 5.41) is 18.1. The molecular formula is C24H22F2N6O3. The molecule has 1 N–H and O–H groups in total. The first-order valence-electron chi connectivity index (χ1n) is 11.1. The third kappa shape index (κ3) is 4.36. The highest BCUT2D eigenvalue weighted by Crippen LogP contribution is 2.47. The van der Waals surface area contributed by atoms with Crippen molar-refractivity contribution in [2.45, 2.75) is 26.3 Å². The Kier molecular flexibility index (Phi) is 5.75. The first-order chi connectivity index (χ1) is 16.9. The fourth-order valence-corrected chi connectivity index (χ4v) is 3.98. The first kappa shape index (κ1) is 22.6. The van der Waals surface area contributed by atoms with Crippen molar-refractivity contribution in [2.75, 3.05) is 18.0 Å². The molecule has 1 aliphatic carbocycles. The summed E-state index contributed by atoms with van der Waals surface area (Å²) in [6.07, 6.45) is 3.55. The Hall–Kier alpha value is -4.15. The summed E-state index contributed by atoms with van der Waals surface area (Å²) in [7, 11) is 0. The van der Waals surface area contributed by atoms with Crippen LogP contribution < -0.4 is 4.90 Å². The number of hydrogen-bond donors (Lipinski definition) is 1. The predicted octanol–water partition coefficient (Wildman–Crippen LogP) is 4.01. The van der Waals surface area contributed by atoms with Crippen LogP contribution in [0.15, 0.2) is 53.4 Å². The third-order valence-corrected chi connectivity index (χ3v) is 6.19. The Morgan fingerprint density at radius 1 is 1.20 bits per heavy atom. The summed E-state index contributed by atoms with van der Waals surface area (Å²) in [5.41, 5.74) is 0.898. The van der Waals surface area contributed by atoms with Gasteiger partial charge in [0.2, 0.25) is 0 Å². The van der Waals surface area contributed by atoms with Gasteiger partial charge in [-0.2, -0.15) is 5.10 Å². The number of benzene rings is 1. The van der Waals surface area contributed by atoms with Crippen molar-refractivity contribution in [1.29, 1.82) is 0 Å². The van der Waals surface area contributed by atoms with Gasteiger partial charge in [0.25, 0.3) is 0 Å². The molecule has 1 aliphatic rings. The Morgan fingerprint density at radius 2 is 2.00 bits per heavy atom. The standard InChI is InChI=1S/C24H22F2N6O3/c1-2-31(14-24(8-9-24)23(33)34)22-17(26)12-27-21(28-22)19-11-20(18-7-10-35-30-18)32(29-19)13-15-5-3-4-6-16(15)25/h3-7,10-12H,2,8-9,13-14H2,1H3,(H,33,34). The average Bonchev–Trinajstić information content (AvgIpc) is 3.24. The lowest BCUT2D eigenvalue weighted by atomic mass is 10.1. The molecule has 35 heavy (non-hydrogen) atoms. The second kappa shape index (κ2) is 8.90. The van der Waals surface area contributed by atoms with Gasteiger partial charge in [0.1, 0.15) is 23.5 Å². The lowest BCUT2D eigenvalue weighted by Crippen LogP contribution is -2.35. The van der Waals surface area contributed by atoms with Crippen molar-refractivity contribution < 1.29 is 23.2 Å². The highest BCUT2D eigenvalue weighted by atomic mass is 19.1. The van der Waals surface area contributed by atoms with Crippen molar-refractivity contribution in [1.82, 2.24) is 24.9 Å². The van der Waals surface area contributed by atoms with Crippen molar-refractivity contribution in [3.63, 3.8) is 0 Å². The zero-order valence-electron chi connectivity index (χ0n) is 18.9. The van der Waals surface area contributed by atoms with Gasteiger partial charge in [0.05, 0.1) is 23.9 Å². The first-order valence-corrected chi connectivity index (χ1v) is 11.1. The minimum atomic E-state index is -0.894. The zero-order valence-corrected chi connectivity index (χ0v) is 18.9. The van der Waals surface area contributed by atoms with Crippen LogP contribution in [-0.4, -0.2) is 49.1 Å². The maximum absolute atomic E-state index is 14.8. The van der Waals surface area contributed by atoms with Crippen LogP contribution in [-0.2, 0) is 11.3 Å². The smallest absolute Gasteiger partial charge is 0.311 e. The Bertz CT molecular complexity index is 1370. The van der Waals surface area contributed by atoms with Crippen molar-refractivity contribution in [3.05, 3.63) is 66.1 Å². The van der Waals surface area contributed by atoms with E-state index in [1.54, 1.807) is 39.9 Å². The molecular weight excluding hydrogens is 458 g/mol. The molecule has 0 saturated heterocycles. The second-order valence-electron chi connectivity index (χ2n) is 8.51. The Morgan fingerprint density at radius 3 is 2.66 bits per heavy atom. The fourth-order valence-electron chi connectivity index (χ4n) is 3.98. The van der Waals surface area contributed by atoms with E-state index in [1.165, 1.54) is 12.3 Å². The number of hydrogen-bond acceptors (Lipinski definition) is 7. The molecule has 0 atom stereocenters. The zero-order chi connectivity index (χ0) is 24.6. The molecule has 5 rings (SSSR count). The van der Waals surface area contributed by atoms with E-state index in [2.05, 4.69) is 20.2 Å². The number of aliphatic carboxylic acids is 1. The van der Waals surface area contributed by atoms with Crippen LogP contribution in [0.3, 0.4) is 0 Å². The molecule has 11 heteroatoms. The summed E-state index contributed by atoms with van der Waals surface area (Å²) >= 11 is 0. The largest absolute Gasteiger partial charge is 0.481 e. The highest BCUT2D eigenvalue weighted by Gasteiger charge is 2.51. The number of carbonyl (C=O) groups is 1. The van der Waals surface area contributed by atoms with Crippen LogP contribution in [0.25, 0.3) is 22.9 Å². The van der Waals surface area contributed by atoms with E-state index in [0.717, 1.165) is 6.20 Å². The van der Waals surface area contributed by atoms with E-state index < -0.39 is 17.2 Å². The topological polar surface area (TPSA) is 110 Å². The average molecular weight is 480 g/mol. The van der Waals surface area contributed by atoms with E-state index in [-0.39, 0.29) is 30.5 Å². The van der Waals surface area contributed by atoms with Gasteiger partial charge in [-0.25, -0.2) is 18.7 Å². The van der Waals surface area contributed by atoms with Crippen molar-refractivity contribution in [2.24, 2.45) is 5.41 Å². The summed E-state index contributed by atoms with van der Waals surface area (Å²) in [6.45, 7) is 2.45. The van der Waals surface area contributed by atoms with Crippen LogP contribution in [0.2, 0.25) is 0 Å².